The van der Waals surface area contributed by atoms with Crippen molar-refractivity contribution >= 4 is 55.1 Å². The number of aryl methyl sites for hydroxylation is 1. The minimum absolute atomic E-state index is 0.0687. The third-order valence-electron chi connectivity index (χ3n) is 8.40. The second-order valence-electron chi connectivity index (χ2n) is 12.5. The molecule has 0 saturated carbocycles. The maximum absolute atomic E-state index is 9.58. The van der Waals surface area contributed by atoms with E-state index >= 15 is 0 Å². The molecule has 0 atom stereocenters. The molecule has 4 aromatic rings. The molecule has 0 radical (unpaired) electrons. The number of benzene rings is 4. The molecule has 0 unspecified atom stereocenters. The van der Waals surface area contributed by atoms with Crippen molar-refractivity contribution in [2.45, 2.75) is 52.0 Å². The molecule has 258 valence electrons. The summed E-state index contributed by atoms with van der Waals surface area (Å²) in [6.45, 7) is 4.08. The van der Waals surface area contributed by atoms with Crippen LogP contribution in [0, 0.1) is 5.41 Å². The first-order chi connectivity index (χ1) is 22.9. The van der Waals surface area contributed by atoms with Crippen LogP contribution in [-0.2, 0) is 26.2 Å². The van der Waals surface area contributed by atoms with Gasteiger partial charge in [-0.2, -0.15) is 0 Å². The molecular formula is C37H41Br2Cl2NO6. The summed E-state index contributed by atoms with van der Waals surface area (Å²) in [4.78, 5) is 0. The van der Waals surface area contributed by atoms with Crippen molar-refractivity contribution in [1.29, 1.82) is 0 Å². The first-order valence-electron chi connectivity index (χ1n) is 15.5. The average molecular weight is 826 g/mol. The lowest BCUT2D eigenvalue weighted by atomic mass is 9.86. The molecule has 5 N–H and O–H groups in total. The van der Waals surface area contributed by atoms with Crippen LogP contribution in [0.3, 0.4) is 0 Å². The third kappa shape index (κ3) is 9.96. The Morgan fingerprint density at radius 3 is 1.60 bits per heavy atom. The Morgan fingerprint density at radius 1 is 0.667 bits per heavy atom. The number of aliphatic hydroxyl groups excluding tert-OH is 4. The smallest absolute Gasteiger partial charge is 0.134 e. The Balaban J connectivity index is 1.42. The molecule has 0 aliphatic rings. The molecule has 0 saturated heterocycles. The summed E-state index contributed by atoms with van der Waals surface area (Å²) in [7, 11) is 0. The van der Waals surface area contributed by atoms with Gasteiger partial charge in [-0.1, -0.05) is 78.7 Å². The second-order valence-corrected chi connectivity index (χ2v) is 15.0. The molecule has 48 heavy (non-hydrogen) atoms. The highest BCUT2D eigenvalue weighted by Crippen LogP contribution is 2.38. The van der Waals surface area contributed by atoms with E-state index in [0.717, 1.165) is 42.3 Å². The highest BCUT2D eigenvalue weighted by atomic mass is 79.9. The van der Waals surface area contributed by atoms with Crippen LogP contribution in [0.15, 0.2) is 81.7 Å². The van der Waals surface area contributed by atoms with Gasteiger partial charge in [-0.3, -0.25) is 0 Å². The van der Waals surface area contributed by atoms with E-state index in [1.165, 1.54) is 0 Å². The van der Waals surface area contributed by atoms with E-state index in [0.29, 0.717) is 40.9 Å². The van der Waals surface area contributed by atoms with Crippen molar-refractivity contribution in [3.05, 3.63) is 114 Å². The predicted molar refractivity (Wildman–Crippen MR) is 199 cm³/mol. The number of ether oxygens (including phenoxy) is 2. The summed E-state index contributed by atoms with van der Waals surface area (Å²) < 4.78 is 13.9. The first kappa shape index (κ1) is 38.6. The summed E-state index contributed by atoms with van der Waals surface area (Å²) in [5.74, 6) is 1.33. The molecule has 4 aromatic carbocycles. The summed E-state index contributed by atoms with van der Waals surface area (Å²) in [5.41, 5.74) is 3.92. The lowest BCUT2D eigenvalue weighted by Crippen LogP contribution is -2.48. The van der Waals surface area contributed by atoms with Crippen LogP contribution < -0.4 is 14.8 Å². The summed E-state index contributed by atoms with van der Waals surface area (Å²) in [6, 6.07) is 23.1. The molecule has 4 rings (SSSR count). The number of hydrogen-bond acceptors (Lipinski definition) is 7. The Morgan fingerprint density at radius 2 is 1.15 bits per heavy atom. The monoisotopic (exact) mass is 823 g/mol. The molecule has 0 aliphatic carbocycles. The van der Waals surface area contributed by atoms with Crippen LogP contribution in [0.25, 0.3) is 11.1 Å². The van der Waals surface area contributed by atoms with E-state index in [1.54, 1.807) is 6.92 Å². The lowest BCUT2D eigenvalue weighted by molar-refractivity contribution is 0.0631. The molecule has 0 spiro atoms. The van der Waals surface area contributed by atoms with E-state index in [4.69, 9.17) is 32.7 Å². The van der Waals surface area contributed by atoms with Crippen LogP contribution >= 0.6 is 55.1 Å². The van der Waals surface area contributed by atoms with Gasteiger partial charge >= 0.3 is 0 Å². The maximum atomic E-state index is 9.58. The van der Waals surface area contributed by atoms with Gasteiger partial charge in [0, 0.05) is 34.2 Å². The second kappa shape index (κ2) is 17.7. The number of rotatable bonds is 17. The Labute approximate surface area is 309 Å². The van der Waals surface area contributed by atoms with Crippen molar-refractivity contribution < 1.29 is 29.9 Å². The van der Waals surface area contributed by atoms with Gasteiger partial charge in [0.15, 0.2) is 0 Å². The normalized spacial score (nSPS) is 12.0. The minimum Gasteiger partial charge on any atom is -0.488 e. The van der Waals surface area contributed by atoms with Gasteiger partial charge in [-0.25, -0.2) is 0 Å². The zero-order valence-electron chi connectivity index (χ0n) is 26.9. The number of halogens is 4. The van der Waals surface area contributed by atoms with Crippen molar-refractivity contribution in [3.63, 3.8) is 0 Å². The third-order valence-corrected chi connectivity index (χ3v) is 10.5. The molecule has 0 fully saturated rings. The molecule has 0 bridgehead atoms. The van der Waals surface area contributed by atoms with Crippen molar-refractivity contribution in [3.8, 4) is 22.6 Å². The zero-order valence-corrected chi connectivity index (χ0v) is 31.6. The fraction of sp³-hybridized carbons (Fsp3) is 0.351. The van der Waals surface area contributed by atoms with E-state index in [2.05, 4.69) is 37.2 Å². The highest BCUT2D eigenvalue weighted by molar-refractivity contribution is 9.10. The number of hydrogen-bond donors (Lipinski definition) is 5. The summed E-state index contributed by atoms with van der Waals surface area (Å²) >= 11 is 21.1. The van der Waals surface area contributed by atoms with Gasteiger partial charge in [-0.15, -0.1) is 0 Å². The lowest BCUT2D eigenvalue weighted by Gasteiger charge is -2.26. The van der Waals surface area contributed by atoms with E-state index in [9.17, 15) is 20.4 Å². The Bertz CT molecular complexity index is 1560. The fourth-order valence-corrected chi connectivity index (χ4v) is 6.48. The molecule has 0 amide bonds. The molecule has 7 nitrogen and oxygen atoms in total. The van der Waals surface area contributed by atoms with Crippen LogP contribution in [0.1, 0.15) is 42.5 Å². The van der Waals surface area contributed by atoms with Crippen LogP contribution in [0.5, 0.6) is 11.5 Å². The zero-order chi connectivity index (χ0) is 34.9. The van der Waals surface area contributed by atoms with Gasteiger partial charge in [0.05, 0.1) is 51.0 Å². The van der Waals surface area contributed by atoms with Crippen molar-refractivity contribution in [1.82, 2.24) is 5.32 Å². The highest BCUT2D eigenvalue weighted by Gasteiger charge is 2.23. The summed E-state index contributed by atoms with van der Waals surface area (Å²) in [6.07, 6.45) is 1.38. The topological polar surface area (TPSA) is 111 Å². The Hall–Kier alpha value is -2.18. The molecule has 0 aliphatic heterocycles. The maximum Gasteiger partial charge on any atom is 0.134 e. The van der Waals surface area contributed by atoms with Crippen molar-refractivity contribution in [2.24, 2.45) is 5.41 Å². The van der Waals surface area contributed by atoms with Crippen LogP contribution in [-0.4, -0.2) is 52.4 Å². The Kier molecular flexibility index (Phi) is 14.2. The van der Waals surface area contributed by atoms with Gasteiger partial charge in [0.25, 0.3) is 0 Å². The van der Waals surface area contributed by atoms with Gasteiger partial charge in [0.2, 0.25) is 0 Å². The molecule has 0 heterocycles. The first-order valence-corrected chi connectivity index (χ1v) is 17.8. The largest absolute Gasteiger partial charge is 0.488 e. The minimum atomic E-state index is -0.768. The number of aliphatic hydroxyl groups is 4. The summed E-state index contributed by atoms with van der Waals surface area (Å²) in [5, 5.41) is 42.5. The fourth-order valence-electron chi connectivity index (χ4n) is 4.83. The SMILES string of the molecule is CC(CO)(CO)CCc1ccc(OCc2cccc(-c3cccc(COc4ccc(CNC(C)(CO)CO)cc4Br)c3Cl)c2Cl)c(Br)c1. The standard InChI is InChI=1S/C37H41Br2Cl2NO6/c1-36(20-43,21-44)14-13-24-9-11-32(30(38)15-24)47-18-26-5-3-7-28(34(26)40)29-8-4-6-27(35(29)41)19-48-33-12-10-25(16-31(33)39)17-42-37(2,22-45)23-46/h3-12,15-16,42-46H,13-14,17-23H2,1-2H3. The van der Waals surface area contributed by atoms with E-state index in [-0.39, 0.29) is 39.6 Å². The van der Waals surface area contributed by atoms with Gasteiger partial charge in [-0.05, 0) is 87.0 Å². The average Bonchev–Trinajstić information content (AvgIpc) is 3.10. The molecular weight excluding hydrogens is 785 g/mol. The molecule has 0 aromatic heterocycles. The van der Waals surface area contributed by atoms with Crippen LogP contribution in [0.4, 0.5) is 0 Å². The van der Waals surface area contributed by atoms with E-state index < -0.39 is 11.0 Å². The van der Waals surface area contributed by atoms with Gasteiger partial charge < -0.3 is 35.2 Å². The quantitative estimate of drug-likeness (QED) is 0.0732. The number of nitrogens with one attached hydrogen (secondary N) is 1. The predicted octanol–water partition coefficient (Wildman–Crippen LogP) is 8.10. The van der Waals surface area contributed by atoms with E-state index in [1.807, 2.05) is 79.7 Å². The molecule has 11 heteroatoms. The van der Waals surface area contributed by atoms with Gasteiger partial charge in [0.1, 0.15) is 24.7 Å². The van der Waals surface area contributed by atoms with Crippen molar-refractivity contribution in [2.75, 3.05) is 26.4 Å². The van der Waals surface area contributed by atoms with Crippen LogP contribution in [0.2, 0.25) is 10.0 Å².